The van der Waals surface area contributed by atoms with E-state index in [1.807, 2.05) is 6.92 Å². The molecule has 0 spiro atoms. The minimum absolute atomic E-state index is 0.116. The van der Waals surface area contributed by atoms with E-state index in [1.54, 1.807) is 0 Å². The van der Waals surface area contributed by atoms with Crippen LogP contribution in [0.1, 0.15) is 39.5 Å². The summed E-state index contributed by atoms with van der Waals surface area (Å²) >= 11 is 0. The highest BCUT2D eigenvalue weighted by Gasteiger charge is 2.24. The summed E-state index contributed by atoms with van der Waals surface area (Å²) in [6.45, 7) is 6.68. The topological polar surface area (TPSA) is 49.8 Å². The third-order valence-corrected chi connectivity index (χ3v) is 3.29. The highest BCUT2D eigenvalue weighted by Crippen LogP contribution is 2.18. The third kappa shape index (κ3) is 4.10. The summed E-state index contributed by atoms with van der Waals surface area (Å²) in [4.78, 5) is 13.0. The molecule has 2 atom stereocenters. The van der Waals surface area contributed by atoms with Crippen molar-refractivity contribution in [3.8, 4) is 0 Å². The highest BCUT2D eigenvalue weighted by molar-refractivity contribution is 5.67. The van der Waals surface area contributed by atoms with Gasteiger partial charge in [0.1, 0.15) is 0 Å². The third-order valence-electron chi connectivity index (χ3n) is 3.29. The van der Waals surface area contributed by atoms with Crippen molar-refractivity contribution in [3.63, 3.8) is 0 Å². The molecule has 1 aliphatic rings. The molecule has 1 rings (SSSR count). The van der Waals surface area contributed by atoms with Gasteiger partial charge in [-0.05, 0) is 32.7 Å². The maximum absolute atomic E-state index is 10.7. The molecule has 1 fully saturated rings. The van der Waals surface area contributed by atoms with E-state index in [0.29, 0.717) is 6.04 Å². The Kier molecular flexibility index (Phi) is 5.77. The van der Waals surface area contributed by atoms with Gasteiger partial charge in [-0.1, -0.05) is 6.92 Å². The minimum atomic E-state index is -0.712. The molecular weight excluding hydrogens is 206 g/mol. The van der Waals surface area contributed by atoms with Gasteiger partial charge in [-0.25, -0.2) is 0 Å². The summed E-state index contributed by atoms with van der Waals surface area (Å²) in [6.07, 6.45) is 3.46. The molecule has 1 aliphatic heterocycles. The smallest absolute Gasteiger partial charge is 0.304 e. The monoisotopic (exact) mass is 229 g/mol. The fourth-order valence-electron chi connectivity index (χ4n) is 2.52. The first-order valence-electron chi connectivity index (χ1n) is 6.20. The molecule has 0 aromatic heterocycles. The number of ether oxygens (including phenoxy) is 1. The van der Waals surface area contributed by atoms with Gasteiger partial charge in [0, 0.05) is 25.3 Å². The molecule has 1 heterocycles. The van der Waals surface area contributed by atoms with E-state index < -0.39 is 5.97 Å². The van der Waals surface area contributed by atoms with Gasteiger partial charge in [0.25, 0.3) is 0 Å². The van der Waals surface area contributed by atoms with Crippen LogP contribution in [0.15, 0.2) is 0 Å². The number of hydrogen-bond acceptors (Lipinski definition) is 3. The molecule has 0 amide bonds. The Morgan fingerprint density at radius 3 is 2.88 bits per heavy atom. The van der Waals surface area contributed by atoms with Gasteiger partial charge < -0.3 is 9.84 Å². The van der Waals surface area contributed by atoms with E-state index in [4.69, 9.17) is 9.84 Å². The second-order valence-corrected chi connectivity index (χ2v) is 4.47. The Balaban J connectivity index is 2.53. The largest absolute Gasteiger partial charge is 0.481 e. The summed E-state index contributed by atoms with van der Waals surface area (Å²) in [6, 6.07) is 0.604. The Labute approximate surface area is 97.6 Å². The summed E-state index contributed by atoms with van der Waals surface area (Å²) in [7, 11) is 0. The quantitative estimate of drug-likeness (QED) is 0.780. The number of carbonyl (C=O) groups is 1. The van der Waals surface area contributed by atoms with Crippen molar-refractivity contribution in [1.82, 2.24) is 4.90 Å². The molecule has 94 valence electrons. The van der Waals surface area contributed by atoms with Gasteiger partial charge in [-0.3, -0.25) is 9.69 Å². The normalized spacial score (nSPS) is 24.1. The van der Waals surface area contributed by atoms with Crippen molar-refractivity contribution in [1.29, 1.82) is 0 Å². The molecule has 1 saturated heterocycles. The Hall–Kier alpha value is -0.610. The zero-order valence-electron chi connectivity index (χ0n) is 10.3. The van der Waals surface area contributed by atoms with Crippen LogP contribution in [0.3, 0.4) is 0 Å². The van der Waals surface area contributed by atoms with Gasteiger partial charge >= 0.3 is 5.97 Å². The number of nitrogens with zero attached hydrogens (tertiary/aromatic N) is 1. The van der Waals surface area contributed by atoms with Crippen LogP contribution >= 0.6 is 0 Å². The van der Waals surface area contributed by atoms with Crippen LogP contribution in [-0.4, -0.2) is 47.8 Å². The van der Waals surface area contributed by atoms with E-state index >= 15 is 0 Å². The zero-order valence-corrected chi connectivity index (χ0v) is 10.3. The molecule has 0 aromatic rings. The lowest BCUT2D eigenvalue weighted by molar-refractivity contribution is -0.138. The lowest BCUT2D eigenvalue weighted by Crippen LogP contribution is -2.42. The maximum atomic E-state index is 10.7. The first-order valence-corrected chi connectivity index (χ1v) is 6.20. The predicted molar refractivity (Wildman–Crippen MR) is 62.6 cm³/mol. The van der Waals surface area contributed by atoms with E-state index in [9.17, 15) is 4.79 Å². The molecule has 1 N–H and O–H groups in total. The molecule has 0 radical (unpaired) electrons. The van der Waals surface area contributed by atoms with E-state index in [0.717, 1.165) is 39.0 Å². The van der Waals surface area contributed by atoms with Crippen LogP contribution in [0.4, 0.5) is 0 Å². The molecule has 0 aromatic carbocycles. The fourth-order valence-corrected chi connectivity index (χ4v) is 2.52. The molecule has 0 aliphatic carbocycles. The molecular formula is C12H23NO3. The van der Waals surface area contributed by atoms with Gasteiger partial charge in [0.2, 0.25) is 0 Å². The van der Waals surface area contributed by atoms with Gasteiger partial charge in [0.05, 0.1) is 6.42 Å². The number of carboxylic acid groups (broad SMARTS) is 1. The summed E-state index contributed by atoms with van der Waals surface area (Å²) < 4.78 is 5.44. The van der Waals surface area contributed by atoms with E-state index in [2.05, 4.69) is 11.8 Å². The van der Waals surface area contributed by atoms with Gasteiger partial charge in [0.15, 0.2) is 0 Å². The molecule has 2 unspecified atom stereocenters. The number of rotatable bonds is 5. The van der Waals surface area contributed by atoms with Crippen LogP contribution in [0.2, 0.25) is 0 Å². The molecule has 16 heavy (non-hydrogen) atoms. The van der Waals surface area contributed by atoms with Crippen LogP contribution in [-0.2, 0) is 9.53 Å². The molecule has 0 saturated carbocycles. The standard InChI is InChI=1S/C12H23NO3/c1-3-13(10(2)9-12(14)15)11-5-4-7-16-8-6-11/h10-11H,3-9H2,1-2H3,(H,14,15). The van der Waals surface area contributed by atoms with Gasteiger partial charge in [-0.15, -0.1) is 0 Å². The number of aliphatic carboxylic acids is 1. The maximum Gasteiger partial charge on any atom is 0.304 e. The zero-order chi connectivity index (χ0) is 12.0. The average Bonchev–Trinajstić information content (AvgIpc) is 2.46. The van der Waals surface area contributed by atoms with E-state index in [-0.39, 0.29) is 12.5 Å². The van der Waals surface area contributed by atoms with Crippen molar-refractivity contribution in [3.05, 3.63) is 0 Å². The predicted octanol–water partition coefficient (Wildman–Crippen LogP) is 1.74. The van der Waals surface area contributed by atoms with Crippen LogP contribution in [0, 0.1) is 0 Å². The van der Waals surface area contributed by atoms with Crippen LogP contribution in [0.5, 0.6) is 0 Å². The average molecular weight is 229 g/mol. The second kappa shape index (κ2) is 6.86. The van der Waals surface area contributed by atoms with E-state index in [1.165, 1.54) is 0 Å². The van der Waals surface area contributed by atoms with Crippen molar-refractivity contribution in [2.75, 3.05) is 19.8 Å². The Bertz CT molecular complexity index is 212. The lowest BCUT2D eigenvalue weighted by Gasteiger charge is -2.34. The van der Waals surface area contributed by atoms with Crippen molar-refractivity contribution in [2.45, 2.75) is 51.6 Å². The Morgan fingerprint density at radius 1 is 1.50 bits per heavy atom. The van der Waals surface area contributed by atoms with Crippen molar-refractivity contribution < 1.29 is 14.6 Å². The summed E-state index contributed by atoms with van der Waals surface area (Å²) in [5, 5.41) is 8.83. The minimum Gasteiger partial charge on any atom is -0.481 e. The van der Waals surface area contributed by atoms with Crippen LogP contribution < -0.4 is 0 Å². The first-order chi connectivity index (χ1) is 7.65. The summed E-state index contributed by atoms with van der Waals surface area (Å²) in [5.74, 6) is -0.712. The number of hydrogen-bond donors (Lipinski definition) is 1. The molecule has 0 bridgehead atoms. The Morgan fingerprint density at radius 2 is 2.25 bits per heavy atom. The lowest BCUT2D eigenvalue weighted by atomic mass is 10.0. The van der Waals surface area contributed by atoms with Crippen molar-refractivity contribution >= 4 is 5.97 Å². The highest BCUT2D eigenvalue weighted by atomic mass is 16.5. The summed E-state index contributed by atoms with van der Waals surface area (Å²) in [5.41, 5.74) is 0. The SMILES string of the molecule is CCN(C(C)CC(=O)O)C1CCCOCC1. The second-order valence-electron chi connectivity index (χ2n) is 4.47. The first kappa shape index (κ1) is 13.5. The van der Waals surface area contributed by atoms with Crippen LogP contribution in [0.25, 0.3) is 0 Å². The molecule has 4 nitrogen and oxygen atoms in total. The van der Waals surface area contributed by atoms with Gasteiger partial charge in [-0.2, -0.15) is 0 Å². The molecule has 4 heteroatoms. The van der Waals surface area contributed by atoms with Crippen molar-refractivity contribution in [2.24, 2.45) is 0 Å². The fraction of sp³-hybridized carbons (Fsp3) is 0.917. The number of carboxylic acids is 1.